The second-order valence-corrected chi connectivity index (χ2v) is 6.53. The van der Waals surface area contributed by atoms with E-state index in [9.17, 15) is 4.79 Å². The number of aromatic nitrogens is 4. The maximum Gasteiger partial charge on any atom is 0.350 e. The molecule has 0 radical (unpaired) electrons. The van der Waals surface area contributed by atoms with Crippen molar-refractivity contribution >= 4 is 29.2 Å². The minimum atomic E-state index is -0.492. The molecule has 26 heavy (non-hydrogen) atoms. The average Bonchev–Trinajstić information content (AvgIpc) is 3.01. The van der Waals surface area contributed by atoms with E-state index in [0.29, 0.717) is 10.6 Å². The monoisotopic (exact) mass is 370 g/mol. The molecule has 0 aliphatic carbocycles. The molecule has 0 spiro atoms. The number of hydrogen-bond acceptors (Lipinski definition) is 9. The van der Waals surface area contributed by atoms with Crippen LogP contribution in [0.1, 0.15) is 33.7 Å². The lowest BCUT2D eigenvalue weighted by molar-refractivity contribution is 0.0467. The Hall–Kier alpha value is -3.07. The molecule has 134 valence electrons. The number of anilines is 2. The normalized spacial score (nSPS) is 10.7. The van der Waals surface area contributed by atoms with Gasteiger partial charge < -0.3 is 16.2 Å². The van der Waals surface area contributed by atoms with Gasteiger partial charge in [-0.2, -0.15) is 15.0 Å². The maximum atomic E-state index is 12.4. The molecule has 0 aliphatic rings. The molecule has 0 bridgehead atoms. The quantitative estimate of drug-likeness (QED) is 0.655. The van der Waals surface area contributed by atoms with Gasteiger partial charge in [0.25, 0.3) is 0 Å². The molecule has 0 aliphatic heterocycles. The fourth-order valence-corrected chi connectivity index (χ4v) is 3.27. The Labute approximate surface area is 154 Å². The Kier molecular flexibility index (Phi) is 5.08. The minimum Gasteiger partial charge on any atom is -0.453 e. The number of benzene rings is 1. The number of carbonyl (C=O) groups excluding carboxylic acids is 1. The molecular formula is C17H18N6O2S. The molecule has 8 nitrogen and oxygen atoms in total. The Bertz CT molecular complexity index is 919. The standard InChI is InChI=1S/C17H18N6O2S/c1-3-10-4-6-11(7-5-10)14-20-9(2)13(26-14)15(24)25-8-12-21-16(18)23-17(19)22-12/h4-7H,3,8H2,1-2H3,(H4,18,19,21,22,23). The third-order valence-electron chi connectivity index (χ3n) is 3.64. The lowest BCUT2D eigenvalue weighted by Gasteiger charge is -2.03. The Balaban J connectivity index is 1.74. The number of nitrogens with two attached hydrogens (primary N) is 2. The molecule has 2 aromatic heterocycles. The van der Waals surface area contributed by atoms with Crippen LogP contribution in [0.5, 0.6) is 0 Å². The van der Waals surface area contributed by atoms with Gasteiger partial charge in [-0.05, 0) is 18.9 Å². The number of nitrogens with zero attached hydrogens (tertiary/aromatic N) is 4. The highest BCUT2D eigenvalue weighted by Gasteiger charge is 2.18. The van der Waals surface area contributed by atoms with Crippen molar-refractivity contribution in [2.24, 2.45) is 0 Å². The zero-order chi connectivity index (χ0) is 18.7. The van der Waals surface area contributed by atoms with E-state index in [2.05, 4.69) is 39.0 Å². The summed E-state index contributed by atoms with van der Waals surface area (Å²) in [4.78, 5) is 28.7. The molecule has 2 heterocycles. The van der Waals surface area contributed by atoms with E-state index in [4.69, 9.17) is 16.2 Å². The number of ether oxygens (including phenoxy) is 1. The van der Waals surface area contributed by atoms with Crippen LogP contribution in [0.3, 0.4) is 0 Å². The summed E-state index contributed by atoms with van der Waals surface area (Å²) in [5.74, 6) is -0.333. The molecule has 3 rings (SSSR count). The summed E-state index contributed by atoms with van der Waals surface area (Å²) in [6, 6.07) is 8.12. The molecule has 0 fully saturated rings. The molecule has 0 amide bonds. The summed E-state index contributed by atoms with van der Waals surface area (Å²) in [6.07, 6.45) is 0.973. The van der Waals surface area contributed by atoms with Crippen LogP contribution in [0.4, 0.5) is 11.9 Å². The van der Waals surface area contributed by atoms with E-state index in [0.717, 1.165) is 17.0 Å². The van der Waals surface area contributed by atoms with E-state index in [-0.39, 0.29) is 24.3 Å². The summed E-state index contributed by atoms with van der Waals surface area (Å²) < 4.78 is 5.26. The van der Waals surface area contributed by atoms with Crippen LogP contribution in [-0.2, 0) is 17.8 Å². The Morgan fingerprint density at radius 3 is 2.35 bits per heavy atom. The van der Waals surface area contributed by atoms with Gasteiger partial charge in [-0.25, -0.2) is 9.78 Å². The van der Waals surface area contributed by atoms with Crippen LogP contribution in [0.15, 0.2) is 24.3 Å². The number of esters is 1. The van der Waals surface area contributed by atoms with Crippen LogP contribution < -0.4 is 11.5 Å². The Morgan fingerprint density at radius 2 is 1.73 bits per heavy atom. The van der Waals surface area contributed by atoms with Gasteiger partial charge in [0.1, 0.15) is 9.88 Å². The molecule has 3 aromatic rings. The van der Waals surface area contributed by atoms with Crippen molar-refractivity contribution < 1.29 is 9.53 Å². The first-order chi connectivity index (χ1) is 12.5. The first kappa shape index (κ1) is 17.7. The zero-order valence-electron chi connectivity index (χ0n) is 14.4. The molecule has 1 aromatic carbocycles. The highest BCUT2D eigenvalue weighted by atomic mass is 32.1. The van der Waals surface area contributed by atoms with Crippen molar-refractivity contribution in [1.82, 2.24) is 19.9 Å². The average molecular weight is 370 g/mol. The summed E-state index contributed by atoms with van der Waals surface area (Å²) in [6.45, 7) is 3.73. The minimum absolute atomic E-state index is 0.0182. The molecule has 0 unspecified atom stereocenters. The van der Waals surface area contributed by atoms with E-state index in [1.165, 1.54) is 16.9 Å². The number of thiazole rings is 1. The van der Waals surface area contributed by atoms with Gasteiger partial charge >= 0.3 is 5.97 Å². The first-order valence-corrected chi connectivity index (χ1v) is 8.77. The summed E-state index contributed by atoms with van der Waals surface area (Å²) >= 11 is 1.29. The van der Waals surface area contributed by atoms with Gasteiger partial charge in [-0.1, -0.05) is 31.2 Å². The maximum absolute atomic E-state index is 12.4. The number of hydrogen-bond donors (Lipinski definition) is 2. The van der Waals surface area contributed by atoms with E-state index in [1.807, 2.05) is 12.1 Å². The van der Waals surface area contributed by atoms with Crippen LogP contribution in [0.25, 0.3) is 10.6 Å². The number of carbonyl (C=O) groups is 1. The number of nitrogen functional groups attached to an aromatic ring is 2. The zero-order valence-corrected chi connectivity index (χ0v) is 15.2. The van der Waals surface area contributed by atoms with Crippen molar-refractivity contribution in [3.05, 3.63) is 46.2 Å². The predicted molar refractivity (Wildman–Crippen MR) is 99.4 cm³/mol. The molecule has 0 atom stereocenters. The second-order valence-electron chi connectivity index (χ2n) is 5.53. The third kappa shape index (κ3) is 3.94. The van der Waals surface area contributed by atoms with Crippen molar-refractivity contribution in [2.75, 3.05) is 11.5 Å². The topological polar surface area (TPSA) is 130 Å². The predicted octanol–water partition coefficient (Wildman–Crippen LogP) is 2.39. The van der Waals surface area contributed by atoms with Gasteiger partial charge in [0, 0.05) is 5.56 Å². The number of aryl methyl sites for hydroxylation is 2. The van der Waals surface area contributed by atoms with Gasteiger partial charge in [0.2, 0.25) is 11.9 Å². The van der Waals surface area contributed by atoms with Crippen LogP contribution >= 0.6 is 11.3 Å². The summed E-state index contributed by atoms with van der Waals surface area (Å²) in [7, 11) is 0. The highest BCUT2D eigenvalue weighted by Crippen LogP contribution is 2.28. The van der Waals surface area contributed by atoms with Crippen LogP contribution in [-0.4, -0.2) is 25.9 Å². The molecule has 0 saturated carbocycles. The molecule has 0 saturated heterocycles. The third-order valence-corrected chi connectivity index (χ3v) is 4.83. The fourth-order valence-electron chi connectivity index (χ4n) is 2.31. The highest BCUT2D eigenvalue weighted by molar-refractivity contribution is 7.17. The van der Waals surface area contributed by atoms with Gasteiger partial charge in [0.05, 0.1) is 5.69 Å². The van der Waals surface area contributed by atoms with Gasteiger partial charge in [0.15, 0.2) is 12.4 Å². The molecule has 4 N–H and O–H groups in total. The smallest absolute Gasteiger partial charge is 0.350 e. The van der Waals surface area contributed by atoms with E-state index >= 15 is 0 Å². The van der Waals surface area contributed by atoms with Crippen molar-refractivity contribution in [1.29, 1.82) is 0 Å². The lowest BCUT2D eigenvalue weighted by Crippen LogP contribution is -2.11. The van der Waals surface area contributed by atoms with Gasteiger partial charge in [-0.3, -0.25) is 0 Å². The summed E-state index contributed by atoms with van der Waals surface area (Å²) in [5, 5.41) is 0.769. The van der Waals surface area contributed by atoms with E-state index < -0.39 is 5.97 Å². The number of rotatable bonds is 5. The molecular weight excluding hydrogens is 352 g/mol. The van der Waals surface area contributed by atoms with E-state index in [1.54, 1.807) is 6.92 Å². The van der Waals surface area contributed by atoms with Crippen molar-refractivity contribution in [3.63, 3.8) is 0 Å². The SMILES string of the molecule is CCc1ccc(-c2nc(C)c(C(=O)OCc3nc(N)nc(N)n3)s2)cc1. The van der Waals surface area contributed by atoms with Crippen LogP contribution in [0, 0.1) is 6.92 Å². The fraction of sp³-hybridized carbons (Fsp3) is 0.235. The lowest BCUT2D eigenvalue weighted by atomic mass is 10.1. The Morgan fingerprint density at radius 1 is 1.08 bits per heavy atom. The van der Waals surface area contributed by atoms with Crippen molar-refractivity contribution in [2.45, 2.75) is 26.9 Å². The summed E-state index contributed by atoms with van der Waals surface area (Å²) in [5.41, 5.74) is 13.8. The van der Waals surface area contributed by atoms with Crippen LogP contribution in [0.2, 0.25) is 0 Å². The van der Waals surface area contributed by atoms with Gasteiger partial charge in [-0.15, -0.1) is 11.3 Å². The first-order valence-electron chi connectivity index (χ1n) is 7.96. The molecule has 9 heteroatoms. The largest absolute Gasteiger partial charge is 0.453 e. The second kappa shape index (κ2) is 7.44. The van der Waals surface area contributed by atoms with Crippen molar-refractivity contribution in [3.8, 4) is 10.6 Å².